The average molecular weight is 380 g/mol. The van der Waals surface area contributed by atoms with Crippen molar-refractivity contribution in [1.29, 1.82) is 0 Å². The van der Waals surface area contributed by atoms with Gasteiger partial charge in [-0.05, 0) is 37.1 Å². The summed E-state index contributed by atoms with van der Waals surface area (Å²) in [5.41, 5.74) is 2.31. The lowest BCUT2D eigenvalue weighted by atomic mass is 10.1. The number of hydrogen-bond acceptors (Lipinski definition) is 5. The van der Waals surface area contributed by atoms with Gasteiger partial charge in [-0.25, -0.2) is 4.68 Å². The molecule has 0 aliphatic heterocycles. The number of nitro groups is 1. The van der Waals surface area contributed by atoms with Crippen LogP contribution >= 0.6 is 0 Å². The number of aryl methyl sites for hydroxylation is 2. The van der Waals surface area contributed by atoms with Crippen LogP contribution in [0.5, 0.6) is 5.75 Å². The summed E-state index contributed by atoms with van der Waals surface area (Å²) in [5.74, 6) is 0.281. The first-order chi connectivity index (χ1) is 13.5. The smallest absolute Gasteiger partial charge is 0.273 e. The highest BCUT2D eigenvalue weighted by Crippen LogP contribution is 2.20. The van der Waals surface area contributed by atoms with Crippen molar-refractivity contribution in [1.82, 2.24) is 9.78 Å². The second-order valence-electron chi connectivity index (χ2n) is 6.25. The molecule has 0 aliphatic carbocycles. The molecule has 8 heteroatoms. The van der Waals surface area contributed by atoms with Crippen molar-refractivity contribution in [3.05, 3.63) is 81.7 Å². The van der Waals surface area contributed by atoms with Crippen molar-refractivity contribution in [3.8, 4) is 5.75 Å². The van der Waals surface area contributed by atoms with Crippen molar-refractivity contribution in [2.24, 2.45) is 0 Å². The standard InChI is InChI=1S/C20H20N4O4/c1-3-15-5-8-18(9-6-15)28-13-23-12-17(11-21-23)22-20(25)16-7-4-14(2)19(10-16)24(26)27/h4-12H,3,13H2,1-2H3,(H,22,25). The zero-order valence-corrected chi connectivity index (χ0v) is 15.6. The maximum Gasteiger partial charge on any atom is 0.273 e. The van der Waals surface area contributed by atoms with Crippen molar-refractivity contribution in [2.45, 2.75) is 27.0 Å². The Morgan fingerprint density at radius 2 is 2.00 bits per heavy atom. The molecule has 28 heavy (non-hydrogen) atoms. The zero-order valence-electron chi connectivity index (χ0n) is 15.6. The maximum absolute atomic E-state index is 12.3. The second-order valence-corrected chi connectivity index (χ2v) is 6.25. The minimum atomic E-state index is -0.505. The molecule has 1 amide bonds. The molecule has 0 atom stereocenters. The van der Waals surface area contributed by atoms with Gasteiger partial charge in [0.1, 0.15) is 5.75 Å². The van der Waals surface area contributed by atoms with Crippen LogP contribution in [0.15, 0.2) is 54.9 Å². The van der Waals surface area contributed by atoms with Gasteiger partial charge in [-0.3, -0.25) is 14.9 Å². The number of rotatable bonds is 7. The Kier molecular flexibility index (Phi) is 5.69. The Morgan fingerprint density at radius 1 is 1.25 bits per heavy atom. The molecule has 144 valence electrons. The number of carbonyl (C=O) groups is 1. The molecule has 0 bridgehead atoms. The molecule has 2 aromatic carbocycles. The number of aromatic nitrogens is 2. The van der Waals surface area contributed by atoms with Gasteiger partial charge in [0.2, 0.25) is 0 Å². The van der Waals surface area contributed by atoms with Crippen molar-refractivity contribution in [3.63, 3.8) is 0 Å². The molecular formula is C20H20N4O4. The monoisotopic (exact) mass is 380 g/mol. The predicted octanol–water partition coefficient (Wildman–Crippen LogP) is 3.95. The molecule has 1 aromatic heterocycles. The fourth-order valence-electron chi connectivity index (χ4n) is 2.61. The molecule has 0 unspecified atom stereocenters. The highest BCUT2D eigenvalue weighted by atomic mass is 16.6. The first-order valence-electron chi connectivity index (χ1n) is 8.77. The summed E-state index contributed by atoms with van der Waals surface area (Å²) >= 11 is 0. The first kappa shape index (κ1) is 19.1. The van der Waals surface area contributed by atoms with Crippen molar-refractivity contribution < 1.29 is 14.5 Å². The van der Waals surface area contributed by atoms with Gasteiger partial charge in [-0.15, -0.1) is 0 Å². The minimum Gasteiger partial charge on any atom is -0.471 e. The number of nitrogens with zero attached hydrogens (tertiary/aromatic N) is 3. The lowest BCUT2D eigenvalue weighted by Gasteiger charge is -2.07. The van der Waals surface area contributed by atoms with E-state index < -0.39 is 10.8 Å². The lowest BCUT2D eigenvalue weighted by Crippen LogP contribution is -2.12. The van der Waals surface area contributed by atoms with Gasteiger partial charge in [0.15, 0.2) is 6.73 Å². The van der Waals surface area contributed by atoms with Crippen LogP contribution in [0.4, 0.5) is 11.4 Å². The zero-order chi connectivity index (χ0) is 20.1. The normalized spacial score (nSPS) is 10.5. The molecule has 1 heterocycles. The Balaban J connectivity index is 1.61. The number of hydrogen-bond donors (Lipinski definition) is 1. The van der Waals surface area contributed by atoms with Crippen molar-refractivity contribution >= 4 is 17.3 Å². The Morgan fingerprint density at radius 3 is 2.68 bits per heavy atom. The van der Waals surface area contributed by atoms with E-state index in [1.807, 2.05) is 24.3 Å². The van der Waals surface area contributed by atoms with E-state index in [9.17, 15) is 14.9 Å². The third-order valence-corrected chi connectivity index (χ3v) is 4.25. The largest absolute Gasteiger partial charge is 0.471 e. The van der Waals surface area contributed by atoms with E-state index in [0.29, 0.717) is 11.3 Å². The molecule has 1 N–H and O–H groups in total. The molecule has 3 aromatic rings. The third-order valence-electron chi connectivity index (χ3n) is 4.25. The Labute approximate surface area is 161 Å². The van der Waals surface area contributed by atoms with Gasteiger partial charge in [0.25, 0.3) is 11.6 Å². The number of amides is 1. The number of ether oxygens (including phenoxy) is 1. The highest BCUT2D eigenvalue weighted by Gasteiger charge is 2.15. The molecule has 0 saturated carbocycles. The third kappa shape index (κ3) is 4.53. The quantitative estimate of drug-likeness (QED) is 0.494. The van der Waals surface area contributed by atoms with Gasteiger partial charge < -0.3 is 10.1 Å². The lowest BCUT2D eigenvalue weighted by molar-refractivity contribution is -0.385. The van der Waals surface area contributed by atoms with Gasteiger partial charge in [0.05, 0.1) is 23.0 Å². The molecule has 0 spiro atoms. The highest BCUT2D eigenvalue weighted by molar-refractivity contribution is 6.04. The van der Waals surface area contributed by atoms with Crippen LogP contribution in [0.3, 0.4) is 0 Å². The number of carbonyl (C=O) groups excluding carboxylic acids is 1. The van der Waals surface area contributed by atoms with E-state index in [0.717, 1.165) is 12.2 Å². The van der Waals surface area contributed by atoms with E-state index in [1.165, 1.54) is 17.8 Å². The molecule has 8 nitrogen and oxygen atoms in total. The summed E-state index contributed by atoms with van der Waals surface area (Å²) in [6, 6.07) is 12.2. The fraction of sp³-hybridized carbons (Fsp3) is 0.200. The minimum absolute atomic E-state index is 0.0918. The predicted molar refractivity (Wildman–Crippen MR) is 104 cm³/mol. The van der Waals surface area contributed by atoms with Crippen LogP contribution < -0.4 is 10.1 Å². The number of benzene rings is 2. The molecule has 0 fully saturated rings. The molecule has 0 radical (unpaired) electrons. The van der Waals surface area contributed by atoms with Crippen LogP contribution in [0.1, 0.15) is 28.4 Å². The summed E-state index contributed by atoms with van der Waals surface area (Å²) in [5, 5.41) is 17.8. The topological polar surface area (TPSA) is 99.3 Å². The van der Waals surface area contributed by atoms with Gasteiger partial charge >= 0.3 is 0 Å². The summed E-state index contributed by atoms with van der Waals surface area (Å²) in [6.45, 7) is 3.90. The first-order valence-corrected chi connectivity index (χ1v) is 8.77. The Bertz CT molecular complexity index is 996. The maximum atomic E-state index is 12.3. The second kappa shape index (κ2) is 8.34. The summed E-state index contributed by atoms with van der Waals surface area (Å²) < 4.78 is 7.21. The fourth-order valence-corrected chi connectivity index (χ4v) is 2.61. The van der Waals surface area contributed by atoms with E-state index in [4.69, 9.17) is 4.74 Å². The SMILES string of the molecule is CCc1ccc(OCn2cc(NC(=O)c3ccc(C)c([N+](=O)[O-])c3)cn2)cc1. The number of nitro benzene ring substituents is 1. The van der Waals surface area contributed by atoms with Crippen LogP contribution in [0, 0.1) is 17.0 Å². The molecule has 0 saturated heterocycles. The van der Waals surface area contributed by atoms with Gasteiger partial charge in [0, 0.05) is 17.2 Å². The van der Waals surface area contributed by atoms with E-state index >= 15 is 0 Å². The van der Waals surface area contributed by atoms with Crippen LogP contribution in [-0.4, -0.2) is 20.6 Å². The van der Waals surface area contributed by atoms with E-state index in [-0.39, 0.29) is 18.0 Å². The van der Waals surface area contributed by atoms with Crippen molar-refractivity contribution in [2.75, 3.05) is 5.32 Å². The van der Waals surface area contributed by atoms with Gasteiger partial charge in [-0.1, -0.05) is 25.1 Å². The number of nitrogens with one attached hydrogen (secondary N) is 1. The molecule has 3 rings (SSSR count). The average Bonchev–Trinajstić information content (AvgIpc) is 3.14. The number of anilines is 1. The van der Waals surface area contributed by atoms with E-state index in [1.54, 1.807) is 29.9 Å². The van der Waals surface area contributed by atoms with E-state index in [2.05, 4.69) is 17.3 Å². The molecule has 0 aliphatic rings. The van der Waals surface area contributed by atoms with Crippen LogP contribution in [0.2, 0.25) is 0 Å². The Hall–Kier alpha value is -3.68. The van der Waals surface area contributed by atoms with Crippen LogP contribution in [-0.2, 0) is 13.2 Å². The molecular weight excluding hydrogens is 360 g/mol. The van der Waals surface area contributed by atoms with Crippen LogP contribution in [0.25, 0.3) is 0 Å². The van der Waals surface area contributed by atoms with Gasteiger partial charge in [-0.2, -0.15) is 5.10 Å². The summed E-state index contributed by atoms with van der Waals surface area (Å²) in [6.07, 6.45) is 4.08. The summed E-state index contributed by atoms with van der Waals surface area (Å²) in [4.78, 5) is 22.9. The summed E-state index contributed by atoms with van der Waals surface area (Å²) in [7, 11) is 0.